The molecule has 0 unspecified atom stereocenters. The van der Waals surface area contributed by atoms with Gasteiger partial charge >= 0.3 is 0 Å². The van der Waals surface area contributed by atoms with Crippen molar-refractivity contribution in [3.05, 3.63) is 35.4 Å². The molecular formula is C13H16O. The predicted octanol–water partition coefficient (Wildman–Crippen LogP) is 2.98. The summed E-state index contributed by atoms with van der Waals surface area (Å²) >= 11 is 0. The number of terminal acetylenes is 1. The van der Waals surface area contributed by atoms with Crippen LogP contribution < -0.4 is 0 Å². The van der Waals surface area contributed by atoms with E-state index in [0.717, 1.165) is 18.6 Å². The maximum Gasteiger partial charge on any atom is 0.0716 e. The van der Waals surface area contributed by atoms with Crippen molar-refractivity contribution in [3.8, 4) is 12.3 Å². The molecule has 0 saturated heterocycles. The van der Waals surface area contributed by atoms with Crippen LogP contribution in [0.1, 0.15) is 30.9 Å². The number of hydrogen-bond acceptors (Lipinski definition) is 1. The van der Waals surface area contributed by atoms with Gasteiger partial charge in [0.25, 0.3) is 0 Å². The number of benzene rings is 1. The smallest absolute Gasteiger partial charge is 0.0716 e. The summed E-state index contributed by atoms with van der Waals surface area (Å²) in [5, 5.41) is 0. The lowest BCUT2D eigenvalue weighted by Crippen LogP contribution is -1.94. The van der Waals surface area contributed by atoms with Crippen molar-refractivity contribution in [1.82, 2.24) is 0 Å². The Hall–Kier alpha value is -1.26. The first kappa shape index (κ1) is 10.8. The normalized spacial score (nSPS) is 9.71. The fourth-order valence-corrected chi connectivity index (χ4v) is 1.13. The minimum atomic E-state index is 0.685. The Kier molecular flexibility index (Phi) is 4.82. The molecule has 0 aliphatic heterocycles. The second-order valence-electron chi connectivity index (χ2n) is 3.25. The SMILES string of the molecule is C#Cc1ccc(COCCCC)cc1. The molecule has 0 N–H and O–H groups in total. The lowest BCUT2D eigenvalue weighted by molar-refractivity contribution is 0.118. The second-order valence-corrected chi connectivity index (χ2v) is 3.25. The molecule has 0 spiro atoms. The number of unbranched alkanes of at least 4 members (excludes halogenated alkanes) is 1. The van der Waals surface area contributed by atoms with Gasteiger partial charge in [0, 0.05) is 12.2 Å². The Morgan fingerprint density at radius 3 is 2.57 bits per heavy atom. The van der Waals surface area contributed by atoms with Gasteiger partial charge in [0.05, 0.1) is 6.61 Å². The fourth-order valence-electron chi connectivity index (χ4n) is 1.13. The second kappa shape index (κ2) is 6.23. The Balaban J connectivity index is 2.33. The topological polar surface area (TPSA) is 9.23 Å². The predicted molar refractivity (Wildman–Crippen MR) is 58.9 cm³/mol. The van der Waals surface area contributed by atoms with Gasteiger partial charge in [0.15, 0.2) is 0 Å². The summed E-state index contributed by atoms with van der Waals surface area (Å²) in [4.78, 5) is 0. The van der Waals surface area contributed by atoms with E-state index in [9.17, 15) is 0 Å². The molecule has 0 saturated carbocycles. The van der Waals surface area contributed by atoms with Crippen LogP contribution in [0.2, 0.25) is 0 Å². The standard InChI is InChI=1S/C13H16O/c1-3-5-10-14-11-13-8-6-12(4-2)7-9-13/h2,6-9H,3,5,10-11H2,1H3. The molecule has 1 heteroatoms. The van der Waals surface area contributed by atoms with Crippen molar-refractivity contribution in [2.45, 2.75) is 26.4 Å². The third kappa shape index (κ3) is 3.64. The quantitative estimate of drug-likeness (QED) is 0.510. The molecule has 0 radical (unpaired) electrons. The Bertz CT molecular complexity index is 292. The molecule has 74 valence electrons. The first-order chi connectivity index (χ1) is 6.86. The molecule has 1 aromatic rings. The lowest BCUT2D eigenvalue weighted by Gasteiger charge is -2.03. The number of ether oxygens (including phenoxy) is 1. The Morgan fingerprint density at radius 1 is 1.29 bits per heavy atom. The highest BCUT2D eigenvalue weighted by molar-refractivity contribution is 5.33. The maximum absolute atomic E-state index is 5.48. The molecule has 1 nitrogen and oxygen atoms in total. The van der Waals surface area contributed by atoms with Crippen LogP contribution in [0.3, 0.4) is 0 Å². The molecule has 14 heavy (non-hydrogen) atoms. The molecule has 1 aromatic carbocycles. The molecule has 0 amide bonds. The average molecular weight is 188 g/mol. The molecule has 0 aliphatic carbocycles. The Labute approximate surface area is 86.1 Å². The zero-order valence-corrected chi connectivity index (χ0v) is 8.62. The van der Waals surface area contributed by atoms with E-state index in [1.807, 2.05) is 24.3 Å². The first-order valence-electron chi connectivity index (χ1n) is 5.00. The maximum atomic E-state index is 5.48. The van der Waals surface area contributed by atoms with E-state index in [2.05, 4.69) is 12.8 Å². The van der Waals surface area contributed by atoms with Crippen molar-refractivity contribution in [3.63, 3.8) is 0 Å². The van der Waals surface area contributed by atoms with Crippen molar-refractivity contribution in [2.75, 3.05) is 6.61 Å². The zero-order valence-electron chi connectivity index (χ0n) is 8.62. The highest BCUT2D eigenvalue weighted by Crippen LogP contribution is 2.05. The third-order valence-corrected chi connectivity index (χ3v) is 2.03. The van der Waals surface area contributed by atoms with Crippen LogP contribution in [0.4, 0.5) is 0 Å². The van der Waals surface area contributed by atoms with Crippen LogP contribution in [0.5, 0.6) is 0 Å². The van der Waals surface area contributed by atoms with Crippen LogP contribution in [-0.2, 0) is 11.3 Å². The van der Waals surface area contributed by atoms with Crippen molar-refractivity contribution >= 4 is 0 Å². The van der Waals surface area contributed by atoms with Crippen LogP contribution >= 0.6 is 0 Å². The average Bonchev–Trinajstić information content (AvgIpc) is 2.25. The molecule has 0 atom stereocenters. The third-order valence-electron chi connectivity index (χ3n) is 2.03. The highest BCUT2D eigenvalue weighted by atomic mass is 16.5. The molecule has 1 rings (SSSR count). The van der Waals surface area contributed by atoms with Gasteiger partial charge in [0.2, 0.25) is 0 Å². The minimum absolute atomic E-state index is 0.685. The van der Waals surface area contributed by atoms with Gasteiger partial charge in [0.1, 0.15) is 0 Å². The summed E-state index contributed by atoms with van der Waals surface area (Å²) in [6, 6.07) is 7.92. The van der Waals surface area contributed by atoms with E-state index in [4.69, 9.17) is 11.2 Å². The van der Waals surface area contributed by atoms with Gasteiger partial charge in [-0.15, -0.1) is 6.42 Å². The number of rotatable bonds is 5. The number of hydrogen-bond donors (Lipinski definition) is 0. The summed E-state index contributed by atoms with van der Waals surface area (Å²) in [6.07, 6.45) is 7.56. The zero-order chi connectivity index (χ0) is 10.2. The molecule has 0 aromatic heterocycles. The van der Waals surface area contributed by atoms with Crippen molar-refractivity contribution < 1.29 is 4.74 Å². The Morgan fingerprint density at radius 2 is 2.00 bits per heavy atom. The van der Waals surface area contributed by atoms with E-state index < -0.39 is 0 Å². The van der Waals surface area contributed by atoms with Crippen molar-refractivity contribution in [1.29, 1.82) is 0 Å². The minimum Gasteiger partial charge on any atom is -0.377 e. The van der Waals surface area contributed by atoms with Crippen LogP contribution in [0.15, 0.2) is 24.3 Å². The lowest BCUT2D eigenvalue weighted by atomic mass is 10.1. The van der Waals surface area contributed by atoms with Crippen LogP contribution in [0, 0.1) is 12.3 Å². The van der Waals surface area contributed by atoms with Gasteiger partial charge in [-0.2, -0.15) is 0 Å². The molecular weight excluding hydrogens is 172 g/mol. The molecule has 0 aliphatic rings. The van der Waals surface area contributed by atoms with E-state index in [1.54, 1.807) is 0 Å². The van der Waals surface area contributed by atoms with Crippen LogP contribution in [-0.4, -0.2) is 6.61 Å². The van der Waals surface area contributed by atoms with Gasteiger partial charge in [-0.1, -0.05) is 31.4 Å². The van der Waals surface area contributed by atoms with Gasteiger partial charge in [-0.25, -0.2) is 0 Å². The molecule has 0 bridgehead atoms. The summed E-state index contributed by atoms with van der Waals surface area (Å²) in [7, 11) is 0. The van der Waals surface area contributed by atoms with Crippen LogP contribution in [0.25, 0.3) is 0 Å². The highest BCUT2D eigenvalue weighted by Gasteiger charge is 1.92. The van der Waals surface area contributed by atoms with E-state index in [0.29, 0.717) is 6.61 Å². The molecule has 0 fully saturated rings. The van der Waals surface area contributed by atoms with E-state index in [1.165, 1.54) is 12.0 Å². The monoisotopic (exact) mass is 188 g/mol. The summed E-state index contributed by atoms with van der Waals surface area (Å²) in [5.74, 6) is 2.59. The largest absolute Gasteiger partial charge is 0.377 e. The van der Waals surface area contributed by atoms with Crippen molar-refractivity contribution in [2.24, 2.45) is 0 Å². The first-order valence-corrected chi connectivity index (χ1v) is 5.00. The van der Waals surface area contributed by atoms with Gasteiger partial charge in [-0.05, 0) is 24.1 Å². The van der Waals surface area contributed by atoms with Gasteiger partial charge < -0.3 is 4.74 Å². The summed E-state index contributed by atoms with van der Waals surface area (Å²) < 4.78 is 5.48. The fraction of sp³-hybridized carbons (Fsp3) is 0.385. The van der Waals surface area contributed by atoms with E-state index in [-0.39, 0.29) is 0 Å². The van der Waals surface area contributed by atoms with E-state index >= 15 is 0 Å². The van der Waals surface area contributed by atoms with Gasteiger partial charge in [-0.3, -0.25) is 0 Å². The summed E-state index contributed by atoms with van der Waals surface area (Å²) in [5.41, 5.74) is 2.10. The molecule has 0 heterocycles. The summed E-state index contributed by atoms with van der Waals surface area (Å²) in [6.45, 7) is 3.68.